The topological polar surface area (TPSA) is 71.9 Å². The highest BCUT2D eigenvalue weighted by Gasteiger charge is 2.24. The zero-order valence-corrected chi connectivity index (χ0v) is 16.5. The van der Waals surface area contributed by atoms with Gasteiger partial charge >= 0.3 is 0 Å². The molecule has 1 unspecified atom stereocenters. The van der Waals surface area contributed by atoms with Crippen LogP contribution < -0.4 is 20.3 Å². The average molecular weight is 383 g/mol. The van der Waals surface area contributed by atoms with Gasteiger partial charge in [0.15, 0.2) is 13.1 Å². The fraction of sp³-hybridized carbons (Fsp3) is 0.579. The first-order valence-electron chi connectivity index (χ1n) is 9.13. The Morgan fingerprint density at radius 1 is 1.23 bits per heavy atom. The quantitative estimate of drug-likeness (QED) is 0.669. The number of amides is 2. The molecule has 3 N–H and O–H groups in total. The lowest BCUT2D eigenvalue weighted by Crippen LogP contribution is -3.11. The van der Waals surface area contributed by atoms with Crippen molar-refractivity contribution in [1.29, 1.82) is 0 Å². The van der Waals surface area contributed by atoms with Gasteiger partial charge in [-0.25, -0.2) is 0 Å². The summed E-state index contributed by atoms with van der Waals surface area (Å²) in [5.74, 6) is 0.868. The van der Waals surface area contributed by atoms with Crippen molar-refractivity contribution in [1.82, 2.24) is 5.32 Å². The summed E-state index contributed by atoms with van der Waals surface area (Å²) < 4.78 is 5.22. The van der Waals surface area contributed by atoms with Crippen LogP contribution in [0.25, 0.3) is 0 Å². The predicted molar refractivity (Wildman–Crippen MR) is 103 cm³/mol. The van der Waals surface area contributed by atoms with E-state index in [-0.39, 0.29) is 30.9 Å². The summed E-state index contributed by atoms with van der Waals surface area (Å²) in [6.45, 7) is 2.64. The number of benzene rings is 1. The van der Waals surface area contributed by atoms with Crippen LogP contribution in [0.2, 0.25) is 5.02 Å². The number of carbonyl (C=O) groups excluding carboxylic acids is 2. The summed E-state index contributed by atoms with van der Waals surface area (Å²) in [5, 5.41) is 6.43. The van der Waals surface area contributed by atoms with Gasteiger partial charge in [-0.05, 0) is 37.0 Å². The molecule has 26 heavy (non-hydrogen) atoms. The molecule has 1 fully saturated rings. The molecule has 1 aromatic rings. The third kappa shape index (κ3) is 6.18. The standard InChI is InChI=1S/C19H28ClN3O3/c1-13-6-4-5-7-15(13)21-18(24)11-23(2)12-19(25)22-16-10-14(20)8-9-17(16)26-3/h8-10,13,15H,4-7,11-12H2,1-3H3,(H,21,24)(H,22,25)/p+1/t13-,15-/m0/s1. The lowest BCUT2D eigenvalue weighted by Gasteiger charge is -2.29. The van der Waals surface area contributed by atoms with E-state index in [0.29, 0.717) is 22.4 Å². The van der Waals surface area contributed by atoms with Gasteiger partial charge in [-0.2, -0.15) is 0 Å². The van der Waals surface area contributed by atoms with Crippen LogP contribution in [0.3, 0.4) is 0 Å². The molecule has 2 amide bonds. The van der Waals surface area contributed by atoms with Gasteiger partial charge in [0.05, 0.1) is 19.8 Å². The number of likely N-dealkylation sites (N-methyl/N-ethyl adjacent to an activating group) is 1. The molecule has 1 saturated carbocycles. The number of hydrogen-bond donors (Lipinski definition) is 3. The molecule has 1 aliphatic carbocycles. The van der Waals surface area contributed by atoms with Crippen molar-refractivity contribution in [2.45, 2.75) is 38.6 Å². The first-order chi connectivity index (χ1) is 12.4. The summed E-state index contributed by atoms with van der Waals surface area (Å²) in [6.07, 6.45) is 4.62. The van der Waals surface area contributed by atoms with Crippen LogP contribution in [0.1, 0.15) is 32.6 Å². The number of methoxy groups -OCH3 is 1. The molecular formula is C19H29ClN3O3+. The van der Waals surface area contributed by atoms with Gasteiger partial charge in [-0.15, -0.1) is 0 Å². The molecule has 0 aliphatic heterocycles. The second-order valence-electron chi connectivity index (χ2n) is 7.14. The number of nitrogens with one attached hydrogen (secondary N) is 3. The minimum atomic E-state index is -0.193. The summed E-state index contributed by atoms with van der Waals surface area (Å²) in [5.41, 5.74) is 0.526. The van der Waals surface area contributed by atoms with Crippen LogP contribution in [0, 0.1) is 5.92 Å². The Bertz CT molecular complexity index is 638. The van der Waals surface area contributed by atoms with Crippen molar-refractivity contribution in [3.05, 3.63) is 23.2 Å². The Labute approximate surface area is 160 Å². The summed E-state index contributed by atoms with van der Waals surface area (Å²) in [6, 6.07) is 5.30. The summed E-state index contributed by atoms with van der Waals surface area (Å²) in [4.78, 5) is 25.3. The molecule has 7 heteroatoms. The molecule has 0 saturated heterocycles. The summed E-state index contributed by atoms with van der Waals surface area (Å²) >= 11 is 5.97. The van der Waals surface area contributed by atoms with Gasteiger partial charge < -0.3 is 20.3 Å². The Kier molecular flexibility index (Phi) is 7.72. The zero-order chi connectivity index (χ0) is 19.1. The lowest BCUT2D eigenvalue weighted by molar-refractivity contribution is -0.862. The van der Waals surface area contributed by atoms with Crippen LogP contribution in [0.4, 0.5) is 5.69 Å². The third-order valence-corrected chi connectivity index (χ3v) is 5.05. The van der Waals surface area contributed by atoms with Crippen molar-refractivity contribution in [2.24, 2.45) is 5.92 Å². The molecule has 2 rings (SSSR count). The number of rotatable bonds is 7. The lowest BCUT2D eigenvalue weighted by atomic mass is 9.86. The van der Waals surface area contributed by atoms with E-state index in [1.165, 1.54) is 20.0 Å². The second-order valence-corrected chi connectivity index (χ2v) is 7.58. The fourth-order valence-electron chi connectivity index (χ4n) is 3.37. The molecule has 0 aromatic heterocycles. The minimum Gasteiger partial charge on any atom is -0.495 e. The molecule has 0 spiro atoms. The van der Waals surface area contributed by atoms with Crippen LogP contribution in [-0.4, -0.2) is 45.1 Å². The molecule has 0 heterocycles. The first-order valence-corrected chi connectivity index (χ1v) is 9.51. The van der Waals surface area contributed by atoms with Gasteiger partial charge in [0.1, 0.15) is 5.75 Å². The molecule has 1 aliphatic rings. The number of halogens is 1. The monoisotopic (exact) mass is 382 g/mol. The average Bonchev–Trinajstić information content (AvgIpc) is 2.56. The Balaban J connectivity index is 1.81. The second kappa shape index (κ2) is 9.78. The third-order valence-electron chi connectivity index (χ3n) is 4.82. The van der Waals surface area contributed by atoms with E-state index in [9.17, 15) is 9.59 Å². The number of anilines is 1. The van der Waals surface area contributed by atoms with Gasteiger partial charge in [0.2, 0.25) is 0 Å². The molecule has 0 radical (unpaired) electrons. The van der Waals surface area contributed by atoms with Crippen molar-refractivity contribution in [2.75, 3.05) is 32.6 Å². The van der Waals surface area contributed by atoms with Crippen LogP contribution in [0.15, 0.2) is 18.2 Å². The fourth-order valence-corrected chi connectivity index (χ4v) is 3.54. The highest BCUT2D eigenvalue weighted by Crippen LogP contribution is 2.27. The van der Waals surface area contributed by atoms with Crippen molar-refractivity contribution in [3.63, 3.8) is 0 Å². The molecular weight excluding hydrogens is 354 g/mol. The van der Waals surface area contributed by atoms with Crippen molar-refractivity contribution in [3.8, 4) is 5.75 Å². The molecule has 144 valence electrons. The first kappa shape index (κ1) is 20.5. The van der Waals surface area contributed by atoms with Crippen molar-refractivity contribution < 1.29 is 19.2 Å². The Morgan fingerprint density at radius 2 is 1.92 bits per heavy atom. The SMILES string of the molecule is COc1ccc(Cl)cc1NC(=O)C[NH+](C)CC(=O)N[C@H]1CCCC[C@@H]1C. The number of quaternary nitrogens is 1. The van der Waals surface area contributed by atoms with E-state index >= 15 is 0 Å². The van der Waals surface area contributed by atoms with E-state index in [2.05, 4.69) is 17.6 Å². The Morgan fingerprint density at radius 3 is 2.62 bits per heavy atom. The number of carbonyl (C=O) groups is 2. The van der Waals surface area contributed by atoms with E-state index in [1.54, 1.807) is 18.2 Å². The zero-order valence-electron chi connectivity index (χ0n) is 15.7. The maximum atomic E-state index is 12.3. The van der Waals surface area contributed by atoms with E-state index in [4.69, 9.17) is 16.3 Å². The largest absolute Gasteiger partial charge is 0.495 e. The highest BCUT2D eigenvalue weighted by molar-refractivity contribution is 6.31. The normalized spacial score (nSPS) is 20.9. The smallest absolute Gasteiger partial charge is 0.279 e. The van der Waals surface area contributed by atoms with E-state index < -0.39 is 0 Å². The van der Waals surface area contributed by atoms with Crippen LogP contribution in [-0.2, 0) is 9.59 Å². The summed E-state index contributed by atoms with van der Waals surface area (Å²) in [7, 11) is 3.37. The van der Waals surface area contributed by atoms with Crippen LogP contribution in [0.5, 0.6) is 5.75 Å². The molecule has 0 bridgehead atoms. The molecule has 1 aromatic carbocycles. The maximum Gasteiger partial charge on any atom is 0.279 e. The van der Waals surface area contributed by atoms with Gasteiger partial charge in [-0.1, -0.05) is 31.4 Å². The molecule has 3 atom stereocenters. The molecule has 6 nitrogen and oxygen atoms in total. The highest BCUT2D eigenvalue weighted by atomic mass is 35.5. The van der Waals surface area contributed by atoms with E-state index in [1.807, 2.05) is 7.05 Å². The van der Waals surface area contributed by atoms with E-state index in [0.717, 1.165) is 17.7 Å². The minimum absolute atomic E-state index is 0.00520. The predicted octanol–water partition coefficient (Wildman–Crippen LogP) is 1.50. The van der Waals surface area contributed by atoms with Crippen LogP contribution >= 0.6 is 11.6 Å². The van der Waals surface area contributed by atoms with Crippen molar-refractivity contribution >= 4 is 29.1 Å². The number of ether oxygens (including phenoxy) is 1. The Hall–Kier alpha value is -1.79. The van der Waals surface area contributed by atoms with Gasteiger partial charge in [0, 0.05) is 11.1 Å². The van der Waals surface area contributed by atoms with Gasteiger partial charge in [0.25, 0.3) is 11.8 Å². The van der Waals surface area contributed by atoms with Gasteiger partial charge in [-0.3, -0.25) is 9.59 Å². The maximum absolute atomic E-state index is 12.3. The number of hydrogen-bond acceptors (Lipinski definition) is 3.